The summed E-state index contributed by atoms with van der Waals surface area (Å²) in [6.45, 7) is 1.82. The molecule has 0 amide bonds. The lowest BCUT2D eigenvalue weighted by Crippen LogP contribution is -2.33. The summed E-state index contributed by atoms with van der Waals surface area (Å²) in [5.74, 6) is 0. The number of aromatic nitrogens is 3. The maximum absolute atomic E-state index is 9.89. The molecule has 2 rings (SSSR count). The molecule has 7 heteroatoms. The molecule has 0 unspecified atom stereocenters. The van der Waals surface area contributed by atoms with Gasteiger partial charge in [-0.25, -0.2) is 4.68 Å². The Kier molecular flexibility index (Phi) is 5.47. The van der Waals surface area contributed by atoms with E-state index in [4.69, 9.17) is 9.84 Å². The molecule has 1 saturated heterocycles. The first-order valence-electron chi connectivity index (χ1n) is 7.20. The number of hydrogen-bond donors (Lipinski definition) is 3. The summed E-state index contributed by atoms with van der Waals surface area (Å²) in [5, 5.41) is 36.6. The Hall–Kier alpha value is -1.02. The number of unbranched alkanes of at least 4 members (excludes halogenated alkanes) is 3. The molecule has 1 aromatic rings. The van der Waals surface area contributed by atoms with Crippen LogP contribution in [0.15, 0.2) is 6.20 Å². The molecule has 0 aliphatic carbocycles. The molecule has 2 heterocycles. The summed E-state index contributed by atoms with van der Waals surface area (Å²) in [6, 6.07) is 0. The van der Waals surface area contributed by atoms with Gasteiger partial charge < -0.3 is 20.1 Å². The molecule has 1 aliphatic rings. The van der Waals surface area contributed by atoms with E-state index in [1.54, 1.807) is 6.20 Å². The Morgan fingerprint density at radius 3 is 2.70 bits per heavy atom. The first-order valence-corrected chi connectivity index (χ1v) is 7.20. The number of aliphatic hydroxyl groups excluding tert-OH is 3. The van der Waals surface area contributed by atoms with Crippen molar-refractivity contribution in [3.05, 3.63) is 11.9 Å². The summed E-state index contributed by atoms with van der Waals surface area (Å²) >= 11 is 0. The molecule has 0 bridgehead atoms. The average Bonchev–Trinajstić information content (AvgIpc) is 3.02. The molecule has 0 saturated carbocycles. The SMILES string of the molecule is CCCCCCc1cn([C@@H]2O[C@H](CO)[C@@H](O)[C@H]2O)nn1. The van der Waals surface area contributed by atoms with Gasteiger partial charge in [0, 0.05) is 0 Å². The fourth-order valence-corrected chi connectivity index (χ4v) is 2.38. The van der Waals surface area contributed by atoms with Crippen molar-refractivity contribution in [2.75, 3.05) is 6.61 Å². The van der Waals surface area contributed by atoms with E-state index >= 15 is 0 Å². The van der Waals surface area contributed by atoms with Gasteiger partial charge in [-0.1, -0.05) is 31.4 Å². The molecule has 0 radical (unpaired) electrons. The zero-order valence-electron chi connectivity index (χ0n) is 11.7. The third kappa shape index (κ3) is 3.35. The van der Waals surface area contributed by atoms with Gasteiger partial charge in [-0.3, -0.25) is 0 Å². The van der Waals surface area contributed by atoms with Gasteiger partial charge in [0.05, 0.1) is 18.5 Å². The number of hydrogen-bond acceptors (Lipinski definition) is 6. The monoisotopic (exact) mass is 285 g/mol. The van der Waals surface area contributed by atoms with Crippen LogP contribution < -0.4 is 0 Å². The van der Waals surface area contributed by atoms with Crippen molar-refractivity contribution in [2.24, 2.45) is 0 Å². The number of ether oxygens (including phenoxy) is 1. The van der Waals surface area contributed by atoms with E-state index in [1.165, 1.54) is 17.5 Å². The van der Waals surface area contributed by atoms with Crippen LogP contribution in [-0.4, -0.2) is 55.2 Å². The number of rotatable bonds is 7. The highest BCUT2D eigenvalue weighted by atomic mass is 16.6. The van der Waals surface area contributed by atoms with Crippen molar-refractivity contribution < 1.29 is 20.1 Å². The van der Waals surface area contributed by atoms with Crippen molar-refractivity contribution in [3.63, 3.8) is 0 Å². The van der Waals surface area contributed by atoms with Gasteiger partial charge in [-0.15, -0.1) is 5.10 Å². The standard InChI is InChI=1S/C13H23N3O4/c1-2-3-4-5-6-9-7-16(15-14-9)13-12(19)11(18)10(8-17)20-13/h7,10-13,17-19H,2-6,8H2,1H3/t10-,11-,12-,13-/m1/s1. The molecule has 0 aromatic carbocycles. The number of nitrogens with zero attached hydrogens (tertiary/aromatic N) is 3. The molecule has 3 N–H and O–H groups in total. The predicted molar refractivity (Wildman–Crippen MR) is 70.9 cm³/mol. The second-order valence-corrected chi connectivity index (χ2v) is 5.23. The number of aryl methyl sites for hydroxylation is 1. The maximum Gasteiger partial charge on any atom is 0.180 e. The first-order chi connectivity index (χ1) is 9.67. The molecule has 1 aliphatic heterocycles. The molecule has 1 fully saturated rings. The van der Waals surface area contributed by atoms with Crippen LogP contribution in [0.25, 0.3) is 0 Å². The molecule has 114 valence electrons. The van der Waals surface area contributed by atoms with Crippen molar-refractivity contribution in [1.29, 1.82) is 0 Å². The minimum absolute atomic E-state index is 0.340. The Labute approximate surface area is 118 Å². The molecule has 7 nitrogen and oxygen atoms in total. The topological polar surface area (TPSA) is 101 Å². The van der Waals surface area contributed by atoms with E-state index in [2.05, 4.69) is 17.2 Å². The Balaban J connectivity index is 1.92. The number of aliphatic hydroxyl groups is 3. The largest absolute Gasteiger partial charge is 0.394 e. The van der Waals surface area contributed by atoms with Gasteiger partial charge in [-0.2, -0.15) is 0 Å². The summed E-state index contributed by atoms with van der Waals surface area (Å²) in [7, 11) is 0. The van der Waals surface area contributed by atoms with Crippen molar-refractivity contribution in [3.8, 4) is 0 Å². The van der Waals surface area contributed by atoms with E-state index in [-0.39, 0.29) is 6.61 Å². The average molecular weight is 285 g/mol. The highest BCUT2D eigenvalue weighted by molar-refractivity contribution is 4.96. The second kappa shape index (κ2) is 7.12. The Morgan fingerprint density at radius 2 is 2.05 bits per heavy atom. The third-order valence-electron chi connectivity index (χ3n) is 3.62. The van der Waals surface area contributed by atoms with Crippen LogP contribution in [0.3, 0.4) is 0 Å². The zero-order chi connectivity index (χ0) is 14.5. The summed E-state index contributed by atoms with van der Waals surface area (Å²) in [6.07, 6.45) is 3.40. The van der Waals surface area contributed by atoms with E-state index in [1.807, 2.05) is 0 Å². The fraction of sp³-hybridized carbons (Fsp3) is 0.846. The molecular weight excluding hydrogens is 262 g/mol. The van der Waals surface area contributed by atoms with Crippen molar-refractivity contribution in [1.82, 2.24) is 15.0 Å². The van der Waals surface area contributed by atoms with Crippen LogP contribution in [0.5, 0.6) is 0 Å². The summed E-state index contributed by atoms with van der Waals surface area (Å²) < 4.78 is 6.80. The predicted octanol–water partition coefficient (Wildman–Crippen LogP) is 0.0124. The maximum atomic E-state index is 9.89. The lowest BCUT2D eigenvalue weighted by Gasteiger charge is -2.13. The molecule has 0 spiro atoms. The van der Waals surface area contributed by atoms with Crippen LogP contribution in [-0.2, 0) is 11.2 Å². The summed E-state index contributed by atoms with van der Waals surface area (Å²) in [4.78, 5) is 0. The summed E-state index contributed by atoms with van der Waals surface area (Å²) in [5.41, 5.74) is 0.846. The third-order valence-corrected chi connectivity index (χ3v) is 3.62. The van der Waals surface area contributed by atoms with Gasteiger partial charge in [0.15, 0.2) is 6.23 Å². The normalized spacial score (nSPS) is 30.0. The minimum Gasteiger partial charge on any atom is -0.394 e. The molecule has 1 aromatic heterocycles. The lowest BCUT2D eigenvalue weighted by atomic mass is 10.1. The fourth-order valence-electron chi connectivity index (χ4n) is 2.38. The molecule has 4 atom stereocenters. The quantitative estimate of drug-likeness (QED) is 0.610. The van der Waals surface area contributed by atoms with Crippen LogP contribution in [0.2, 0.25) is 0 Å². The first kappa shape index (κ1) is 15.4. The van der Waals surface area contributed by atoms with Gasteiger partial charge >= 0.3 is 0 Å². The van der Waals surface area contributed by atoms with Gasteiger partial charge in [0.1, 0.15) is 18.3 Å². The van der Waals surface area contributed by atoms with Crippen LogP contribution in [0.4, 0.5) is 0 Å². The van der Waals surface area contributed by atoms with Gasteiger partial charge in [0.2, 0.25) is 0 Å². The van der Waals surface area contributed by atoms with E-state index in [0.29, 0.717) is 0 Å². The molecular formula is C13H23N3O4. The highest BCUT2D eigenvalue weighted by Gasteiger charge is 2.43. The van der Waals surface area contributed by atoms with Gasteiger partial charge in [-0.05, 0) is 12.8 Å². The smallest absolute Gasteiger partial charge is 0.180 e. The Bertz CT molecular complexity index is 412. The van der Waals surface area contributed by atoms with E-state index in [9.17, 15) is 10.2 Å². The Morgan fingerprint density at radius 1 is 1.25 bits per heavy atom. The van der Waals surface area contributed by atoms with Crippen molar-refractivity contribution >= 4 is 0 Å². The molecule has 20 heavy (non-hydrogen) atoms. The highest BCUT2D eigenvalue weighted by Crippen LogP contribution is 2.28. The van der Waals surface area contributed by atoms with Crippen LogP contribution in [0.1, 0.15) is 44.5 Å². The lowest BCUT2D eigenvalue weighted by molar-refractivity contribution is -0.0594. The van der Waals surface area contributed by atoms with Crippen LogP contribution >= 0.6 is 0 Å². The van der Waals surface area contributed by atoms with E-state index in [0.717, 1.165) is 25.0 Å². The zero-order valence-corrected chi connectivity index (χ0v) is 11.7. The van der Waals surface area contributed by atoms with E-state index < -0.39 is 24.5 Å². The van der Waals surface area contributed by atoms with Crippen LogP contribution in [0, 0.1) is 0 Å². The second-order valence-electron chi connectivity index (χ2n) is 5.23. The minimum atomic E-state index is -1.11. The van der Waals surface area contributed by atoms with Crippen molar-refractivity contribution in [2.45, 2.75) is 63.6 Å². The van der Waals surface area contributed by atoms with Gasteiger partial charge in [0.25, 0.3) is 0 Å².